The van der Waals surface area contributed by atoms with Crippen LogP contribution in [0.2, 0.25) is 5.02 Å². The fourth-order valence-electron chi connectivity index (χ4n) is 3.81. The number of aromatic nitrogens is 4. The average Bonchev–Trinajstić information content (AvgIpc) is 3.47. The van der Waals surface area contributed by atoms with Crippen LogP contribution in [0.1, 0.15) is 60.1 Å². The number of amides is 1. The maximum absolute atomic E-state index is 13.4. The van der Waals surface area contributed by atoms with E-state index in [1.165, 1.54) is 19.1 Å². The van der Waals surface area contributed by atoms with Crippen molar-refractivity contribution in [2.45, 2.75) is 58.3 Å². The topological polar surface area (TPSA) is 64.7 Å². The lowest BCUT2D eigenvalue weighted by atomic mass is 10.2. The van der Waals surface area contributed by atoms with Crippen LogP contribution < -0.4 is 5.32 Å². The van der Waals surface area contributed by atoms with Crippen LogP contribution in [-0.2, 0) is 17.5 Å². The largest absolute Gasteiger partial charge is 0.436 e. The number of hydrogen-bond acceptors (Lipinski definition) is 3. The quantitative estimate of drug-likeness (QED) is 0.354. The molecule has 34 heavy (non-hydrogen) atoms. The van der Waals surface area contributed by atoms with Crippen LogP contribution in [0.4, 0.5) is 23.2 Å². The normalized spacial score (nSPS) is 15.0. The van der Waals surface area contributed by atoms with E-state index in [0.29, 0.717) is 28.3 Å². The van der Waals surface area contributed by atoms with Crippen molar-refractivity contribution in [1.82, 2.24) is 19.6 Å². The molecular formula is C22H21BrClF4N5O. The molecule has 0 spiro atoms. The van der Waals surface area contributed by atoms with Crippen molar-refractivity contribution < 1.29 is 22.4 Å². The first-order chi connectivity index (χ1) is 15.9. The van der Waals surface area contributed by atoms with Crippen molar-refractivity contribution in [2.75, 3.05) is 5.32 Å². The minimum absolute atomic E-state index is 0.0695. The van der Waals surface area contributed by atoms with Gasteiger partial charge in [-0.2, -0.15) is 23.4 Å². The number of hydrogen-bond donors (Lipinski definition) is 1. The Bertz CT molecular complexity index is 1270. The fraction of sp³-hybridized carbons (Fsp3) is 0.409. The number of nitrogens with one attached hydrogen (secondary N) is 1. The monoisotopic (exact) mass is 561 g/mol. The molecule has 1 amide bonds. The van der Waals surface area contributed by atoms with Crippen molar-refractivity contribution in [1.29, 1.82) is 0 Å². The summed E-state index contributed by atoms with van der Waals surface area (Å²) < 4.78 is 56.3. The first-order valence-corrected chi connectivity index (χ1v) is 11.7. The Labute approximate surface area is 206 Å². The number of carbonyl (C=O) groups excluding carboxylic acids is 1. The number of carbonyl (C=O) groups is 1. The summed E-state index contributed by atoms with van der Waals surface area (Å²) in [4.78, 5) is 13.1. The molecule has 1 atom stereocenters. The first-order valence-electron chi connectivity index (χ1n) is 10.5. The third kappa shape index (κ3) is 4.72. The van der Waals surface area contributed by atoms with Crippen LogP contribution in [0.25, 0.3) is 0 Å². The molecule has 4 rings (SSSR count). The summed E-state index contributed by atoms with van der Waals surface area (Å²) in [5.74, 6) is -1.04. The van der Waals surface area contributed by atoms with E-state index in [-0.39, 0.29) is 22.0 Å². The molecule has 1 aliphatic rings. The van der Waals surface area contributed by atoms with Gasteiger partial charge in [-0.15, -0.1) is 0 Å². The second kappa shape index (κ2) is 8.99. The van der Waals surface area contributed by atoms with E-state index in [0.717, 1.165) is 17.5 Å². The Kier molecular flexibility index (Phi) is 6.54. The standard InChI is InChI=1S/C22H21BrClF4N5O/c1-10-18(11(2)32(30-10)9-14-6-7-15(25)8-16(14)24)29-21(34)12(3)33-19(13-4-5-13)17(23)20(31-33)22(26,27)28/h6-8,12-13H,4-5,9H2,1-3H3,(H,29,34). The van der Waals surface area contributed by atoms with Crippen LogP contribution in [0.15, 0.2) is 22.7 Å². The molecule has 2 heterocycles. The van der Waals surface area contributed by atoms with Crippen molar-refractivity contribution >= 4 is 39.1 Å². The highest BCUT2D eigenvalue weighted by atomic mass is 79.9. The summed E-state index contributed by atoms with van der Waals surface area (Å²) in [7, 11) is 0. The van der Waals surface area contributed by atoms with Crippen LogP contribution in [0, 0.1) is 19.7 Å². The minimum Gasteiger partial charge on any atom is -0.321 e. The molecule has 0 bridgehead atoms. The van der Waals surface area contributed by atoms with Gasteiger partial charge in [-0.3, -0.25) is 14.2 Å². The van der Waals surface area contributed by atoms with Gasteiger partial charge in [0.25, 0.3) is 0 Å². The SMILES string of the molecule is Cc1nn(Cc2ccc(F)cc2Cl)c(C)c1NC(=O)C(C)n1nc(C(F)(F)F)c(Br)c1C1CC1. The van der Waals surface area contributed by atoms with Crippen LogP contribution in [0.5, 0.6) is 0 Å². The summed E-state index contributed by atoms with van der Waals surface area (Å²) in [5.41, 5.74) is 1.59. The molecule has 12 heteroatoms. The Morgan fingerprint density at radius 2 is 1.97 bits per heavy atom. The third-order valence-electron chi connectivity index (χ3n) is 5.83. The molecule has 1 saturated carbocycles. The summed E-state index contributed by atoms with van der Waals surface area (Å²) in [6, 6.07) is 3.08. The number of halogens is 6. The van der Waals surface area contributed by atoms with Crippen molar-refractivity contribution in [3.8, 4) is 0 Å². The Morgan fingerprint density at radius 3 is 2.56 bits per heavy atom. The molecule has 2 aromatic heterocycles. The zero-order valence-corrected chi connectivity index (χ0v) is 20.8. The molecule has 6 nitrogen and oxygen atoms in total. The van der Waals surface area contributed by atoms with Crippen molar-refractivity contribution in [3.05, 3.63) is 61.9 Å². The van der Waals surface area contributed by atoms with E-state index in [4.69, 9.17) is 11.6 Å². The average molecular weight is 563 g/mol. The molecule has 1 N–H and O–H groups in total. The van der Waals surface area contributed by atoms with Gasteiger partial charge >= 0.3 is 6.18 Å². The third-order valence-corrected chi connectivity index (χ3v) is 6.96. The van der Waals surface area contributed by atoms with Crippen molar-refractivity contribution in [2.24, 2.45) is 0 Å². The number of rotatable bonds is 6. The molecular weight excluding hydrogens is 542 g/mol. The lowest BCUT2D eigenvalue weighted by Crippen LogP contribution is -2.26. The Balaban J connectivity index is 1.59. The van der Waals surface area contributed by atoms with E-state index in [9.17, 15) is 22.4 Å². The Hall–Kier alpha value is -2.40. The highest BCUT2D eigenvalue weighted by molar-refractivity contribution is 9.10. The van der Waals surface area contributed by atoms with Gasteiger partial charge in [-0.05, 0) is 67.2 Å². The van der Waals surface area contributed by atoms with E-state index in [2.05, 4.69) is 31.4 Å². The molecule has 1 unspecified atom stereocenters. The summed E-state index contributed by atoms with van der Waals surface area (Å²) >= 11 is 9.17. The zero-order valence-electron chi connectivity index (χ0n) is 18.5. The van der Waals surface area contributed by atoms with Gasteiger partial charge in [0.05, 0.1) is 33.8 Å². The minimum atomic E-state index is -4.64. The number of alkyl halides is 3. The van der Waals surface area contributed by atoms with Crippen LogP contribution in [-0.4, -0.2) is 25.5 Å². The van der Waals surface area contributed by atoms with Gasteiger partial charge in [0.15, 0.2) is 5.69 Å². The maximum Gasteiger partial charge on any atom is 0.436 e. The molecule has 182 valence electrons. The smallest absolute Gasteiger partial charge is 0.321 e. The van der Waals surface area contributed by atoms with Gasteiger partial charge in [0.1, 0.15) is 11.9 Å². The number of aryl methyl sites for hydroxylation is 1. The molecule has 1 aromatic carbocycles. The lowest BCUT2D eigenvalue weighted by Gasteiger charge is -2.16. The van der Waals surface area contributed by atoms with Crippen molar-refractivity contribution in [3.63, 3.8) is 0 Å². The summed E-state index contributed by atoms with van der Waals surface area (Å²) in [5, 5.41) is 11.2. The second-order valence-electron chi connectivity index (χ2n) is 8.37. The summed E-state index contributed by atoms with van der Waals surface area (Å²) in [6.45, 7) is 5.22. The van der Waals surface area contributed by atoms with E-state index >= 15 is 0 Å². The van der Waals surface area contributed by atoms with Gasteiger partial charge in [0.2, 0.25) is 5.91 Å². The molecule has 0 saturated heterocycles. The predicted molar refractivity (Wildman–Crippen MR) is 122 cm³/mol. The van der Waals surface area contributed by atoms with Crippen LogP contribution in [0.3, 0.4) is 0 Å². The number of anilines is 1. The van der Waals surface area contributed by atoms with Gasteiger partial charge in [-0.1, -0.05) is 17.7 Å². The molecule has 0 aliphatic heterocycles. The molecule has 1 fully saturated rings. The van der Waals surface area contributed by atoms with E-state index in [1.54, 1.807) is 24.6 Å². The number of nitrogens with zero attached hydrogens (tertiary/aromatic N) is 4. The highest BCUT2D eigenvalue weighted by Crippen LogP contribution is 2.47. The maximum atomic E-state index is 13.4. The predicted octanol–water partition coefficient (Wildman–Crippen LogP) is 6.40. The Morgan fingerprint density at radius 1 is 1.29 bits per heavy atom. The van der Waals surface area contributed by atoms with E-state index in [1.807, 2.05) is 0 Å². The highest BCUT2D eigenvalue weighted by Gasteiger charge is 2.43. The zero-order chi connectivity index (χ0) is 24.9. The molecule has 0 radical (unpaired) electrons. The first kappa shape index (κ1) is 24.7. The van der Waals surface area contributed by atoms with Gasteiger partial charge in [0, 0.05) is 10.9 Å². The lowest BCUT2D eigenvalue weighted by molar-refractivity contribution is -0.142. The molecule has 3 aromatic rings. The summed E-state index contributed by atoms with van der Waals surface area (Å²) in [6.07, 6.45) is -3.15. The fourth-order valence-corrected chi connectivity index (χ4v) is 4.85. The number of benzene rings is 1. The van der Waals surface area contributed by atoms with Crippen LogP contribution >= 0.6 is 27.5 Å². The van der Waals surface area contributed by atoms with E-state index < -0.39 is 29.6 Å². The van der Waals surface area contributed by atoms with Gasteiger partial charge < -0.3 is 5.32 Å². The second-order valence-corrected chi connectivity index (χ2v) is 9.57. The van der Waals surface area contributed by atoms with Gasteiger partial charge in [-0.25, -0.2) is 4.39 Å². The molecule has 1 aliphatic carbocycles.